The van der Waals surface area contributed by atoms with Gasteiger partial charge in [-0.1, -0.05) is 0 Å². The predicted octanol–water partition coefficient (Wildman–Crippen LogP) is 2.42. The number of aromatic nitrogens is 3. The number of hydrogen-bond donors (Lipinski definition) is 1. The molecule has 0 aromatic carbocycles. The van der Waals surface area contributed by atoms with Crippen molar-refractivity contribution in [2.75, 3.05) is 19.5 Å². The summed E-state index contributed by atoms with van der Waals surface area (Å²) in [4.78, 5) is 15.0. The molecule has 0 amide bonds. The quantitative estimate of drug-likeness (QED) is 0.881. The molecule has 0 atom stereocenters. The highest BCUT2D eigenvalue weighted by molar-refractivity contribution is 5.94. The Hall–Kier alpha value is -2.58. The molecule has 2 rings (SSSR count). The molecule has 0 fully saturated rings. The predicted molar refractivity (Wildman–Crippen MR) is 72.0 cm³/mol. The van der Waals surface area contributed by atoms with Crippen LogP contribution < -0.4 is 5.32 Å². The van der Waals surface area contributed by atoms with Crippen LogP contribution in [-0.2, 0) is 10.9 Å². The van der Waals surface area contributed by atoms with Crippen molar-refractivity contribution < 1.29 is 22.7 Å². The van der Waals surface area contributed by atoms with Gasteiger partial charge in [-0.3, -0.25) is 0 Å². The lowest BCUT2D eigenvalue weighted by molar-refractivity contribution is -0.141. The summed E-state index contributed by atoms with van der Waals surface area (Å²) in [7, 11) is 2.79. The van der Waals surface area contributed by atoms with Crippen LogP contribution in [-0.4, -0.2) is 34.9 Å². The molecular weight excluding hydrogens is 301 g/mol. The van der Waals surface area contributed by atoms with Gasteiger partial charge in [0.25, 0.3) is 0 Å². The Kier molecular flexibility index (Phi) is 4.07. The highest BCUT2D eigenvalue weighted by atomic mass is 19.4. The van der Waals surface area contributed by atoms with Gasteiger partial charge in [0.15, 0.2) is 5.82 Å². The van der Waals surface area contributed by atoms with E-state index in [1.807, 2.05) is 0 Å². The molecule has 2 aromatic rings. The lowest BCUT2D eigenvalue weighted by atomic mass is 10.2. The van der Waals surface area contributed by atoms with Crippen molar-refractivity contribution in [3.63, 3.8) is 0 Å². The number of anilines is 1. The van der Waals surface area contributed by atoms with E-state index >= 15 is 0 Å². The van der Waals surface area contributed by atoms with Crippen molar-refractivity contribution in [2.24, 2.45) is 0 Å². The normalized spacial score (nSPS) is 11.4. The summed E-state index contributed by atoms with van der Waals surface area (Å²) in [6, 6.07) is 0.924. The number of aryl methyl sites for hydroxylation is 1. The zero-order valence-corrected chi connectivity index (χ0v) is 12.0. The number of alkyl halides is 3. The first-order valence-electron chi connectivity index (χ1n) is 6.18. The second-order valence-electron chi connectivity index (χ2n) is 4.43. The number of methoxy groups -OCH3 is 1. The third kappa shape index (κ3) is 2.87. The SMILES string of the molecule is CNc1nn(-c2cnc(C(F)(F)F)cc2C)cc1C(=O)OC. The second-order valence-corrected chi connectivity index (χ2v) is 4.43. The first-order chi connectivity index (χ1) is 10.3. The first-order valence-corrected chi connectivity index (χ1v) is 6.18. The Morgan fingerprint density at radius 3 is 2.59 bits per heavy atom. The van der Waals surface area contributed by atoms with Crippen LogP contribution in [0.4, 0.5) is 19.0 Å². The maximum absolute atomic E-state index is 12.6. The van der Waals surface area contributed by atoms with Crippen molar-refractivity contribution in [3.8, 4) is 5.69 Å². The summed E-state index contributed by atoms with van der Waals surface area (Å²) < 4.78 is 43.8. The molecule has 0 saturated heterocycles. The average molecular weight is 314 g/mol. The molecule has 0 bridgehead atoms. The number of ether oxygens (including phenoxy) is 1. The lowest BCUT2D eigenvalue weighted by Crippen LogP contribution is -2.10. The summed E-state index contributed by atoms with van der Waals surface area (Å²) in [5.41, 5.74) is -0.157. The molecule has 118 valence electrons. The number of carbonyl (C=O) groups excluding carboxylic acids is 1. The zero-order valence-electron chi connectivity index (χ0n) is 12.0. The molecule has 6 nitrogen and oxygen atoms in total. The minimum atomic E-state index is -4.51. The number of hydrogen-bond acceptors (Lipinski definition) is 5. The third-order valence-electron chi connectivity index (χ3n) is 2.98. The number of halogens is 3. The number of esters is 1. The summed E-state index contributed by atoms with van der Waals surface area (Å²) in [5, 5.41) is 6.83. The van der Waals surface area contributed by atoms with Crippen LogP contribution in [0.25, 0.3) is 5.69 Å². The molecule has 9 heteroatoms. The molecule has 22 heavy (non-hydrogen) atoms. The maximum atomic E-state index is 12.6. The van der Waals surface area contributed by atoms with Crippen molar-refractivity contribution in [1.29, 1.82) is 0 Å². The van der Waals surface area contributed by atoms with E-state index < -0.39 is 17.8 Å². The maximum Gasteiger partial charge on any atom is 0.433 e. The average Bonchev–Trinajstić information content (AvgIpc) is 2.89. The fraction of sp³-hybridized carbons (Fsp3) is 0.308. The molecule has 2 heterocycles. The summed E-state index contributed by atoms with van der Waals surface area (Å²) in [5.74, 6) is -0.348. The topological polar surface area (TPSA) is 69.0 Å². The highest BCUT2D eigenvalue weighted by Gasteiger charge is 2.32. The van der Waals surface area contributed by atoms with Gasteiger partial charge in [0, 0.05) is 13.2 Å². The molecule has 0 saturated carbocycles. The van der Waals surface area contributed by atoms with E-state index in [9.17, 15) is 18.0 Å². The number of pyridine rings is 1. The summed E-state index contributed by atoms with van der Waals surface area (Å²) >= 11 is 0. The third-order valence-corrected chi connectivity index (χ3v) is 2.98. The van der Waals surface area contributed by atoms with Gasteiger partial charge in [-0.15, -0.1) is 5.10 Å². The highest BCUT2D eigenvalue weighted by Crippen LogP contribution is 2.29. The molecule has 0 radical (unpaired) electrons. The van der Waals surface area contributed by atoms with Crippen molar-refractivity contribution in [1.82, 2.24) is 14.8 Å². The minimum Gasteiger partial charge on any atom is -0.465 e. The van der Waals surface area contributed by atoms with E-state index in [-0.39, 0.29) is 11.4 Å². The molecular formula is C13H13F3N4O2. The van der Waals surface area contributed by atoms with Crippen LogP contribution >= 0.6 is 0 Å². The Morgan fingerprint density at radius 2 is 2.09 bits per heavy atom. The van der Waals surface area contributed by atoms with E-state index in [0.717, 1.165) is 12.3 Å². The largest absolute Gasteiger partial charge is 0.465 e. The van der Waals surface area contributed by atoms with Crippen molar-refractivity contribution >= 4 is 11.8 Å². The molecule has 0 aliphatic heterocycles. The number of carbonyl (C=O) groups is 1. The molecule has 0 spiro atoms. The van der Waals surface area contributed by atoms with Crippen LogP contribution in [0.1, 0.15) is 21.6 Å². The molecule has 0 aliphatic rings. The van der Waals surface area contributed by atoms with Gasteiger partial charge in [-0.05, 0) is 18.6 Å². The molecule has 1 N–H and O–H groups in total. The number of nitrogens with zero attached hydrogens (tertiary/aromatic N) is 3. The zero-order chi connectivity index (χ0) is 16.5. The van der Waals surface area contributed by atoms with E-state index in [0.29, 0.717) is 11.3 Å². The van der Waals surface area contributed by atoms with Crippen LogP contribution in [0.3, 0.4) is 0 Å². The van der Waals surface area contributed by atoms with Crippen LogP contribution in [0.2, 0.25) is 0 Å². The lowest BCUT2D eigenvalue weighted by Gasteiger charge is -2.09. The smallest absolute Gasteiger partial charge is 0.433 e. The van der Waals surface area contributed by atoms with Gasteiger partial charge < -0.3 is 10.1 Å². The van der Waals surface area contributed by atoms with Gasteiger partial charge in [0.1, 0.15) is 11.3 Å². The molecule has 2 aromatic heterocycles. The van der Waals surface area contributed by atoms with E-state index in [2.05, 4.69) is 20.1 Å². The molecule has 0 aliphatic carbocycles. The van der Waals surface area contributed by atoms with Crippen LogP contribution in [0, 0.1) is 6.92 Å². The first kappa shape index (κ1) is 15.8. The Morgan fingerprint density at radius 1 is 1.41 bits per heavy atom. The monoisotopic (exact) mass is 314 g/mol. The van der Waals surface area contributed by atoms with Crippen LogP contribution in [0.5, 0.6) is 0 Å². The van der Waals surface area contributed by atoms with E-state index in [4.69, 9.17) is 0 Å². The fourth-order valence-electron chi connectivity index (χ4n) is 1.88. The van der Waals surface area contributed by atoms with Gasteiger partial charge >= 0.3 is 12.1 Å². The van der Waals surface area contributed by atoms with E-state index in [1.165, 1.54) is 24.9 Å². The number of nitrogens with one attached hydrogen (secondary N) is 1. The van der Waals surface area contributed by atoms with Gasteiger partial charge in [0.2, 0.25) is 0 Å². The fourth-order valence-corrected chi connectivity index (χ4v) is 1.88. The van der Waals surface area contributed by atoms with Gasteiger partial charge in [-0.2, -0.15) is 13.2 Å². The minimum absolute atomic E-state index is 0.171. The summed E-state index contributed by atoms with van der Waals surface area (Å²) in [6.07, 6.45) is -2.08. The van der Waals surface area contributed by atoms with Crippen molar-refractivity contribution in [3.05, 3.63) is 35.3 Å². The number of rotatable bonds is 3. The van der Waals surface area contributed by atoms with Gasteiger partial charge in [0.05, 0.1) is 19.0 Å². The second kappa shape index (κ2) is 5.66. The Balaban J connectivity index is 2.49. The standard InChI is InChI=1S/C13H13F3N4O2/c1-7-4-10(13(14,15)16)18-5-9(7)20-6-8(12(21)22-3)11(17-2)19-20/h4-6H,1-3H3,(H,17,19). The van der Waals surface area contributed by atoms with Gasteiger partial charge in [-0.25, -0.2) is 14.5 Å². The summed E-state index contributed by atoms with van der Waals surface area (Å²) in [6.45, 7) is 1.50. The molecule has 0 unspecified atom stereocenters. The Bertz CT molecular complexity index is 710. The Labute approximate surface area is 123 Å². The van der Waals surface area contributed by atoms with E-state index in [1.54, 1.807) is 7.05 Å². The van der Waals surface area contributed by atoms with Crippen molar-refractivity contribution in [2.45, 2.75) is 13.1 Å². The van der Waals surface area contributed by atoms with Crippen LogP contribution in [0.15, 0.2) is 18.5 Å².